The number of furan rings is 1. The Morgan fingerprint density at radius 3 is 2.59 bits per heavy atom. The standard InChI is InChI=1S/C21H28N2O6/c1-6-28-21(26)18-13(2)17(14(3)22-18)19(24)15(4)23(10-8-11-27-5)20(25)16-9-7-12-29-16/h7,9,12,15,22H,6,8,10-11H2,1-5H3. The van der Waals surface area contributed by atoms with Gasteiger partial charge in [-0.25, -0.2) is 4.79 Å². The minimum Gasteiger partial charge on any atom is -0.461 e. The van der Waals surface area contributed by atoms with E-state index in [0.717, 1.165) is 0 Å². The Kier molecular flexibility index (Phi) is 7.78. The first-order valence-electron chi connectivity index (χ1n) is 9.57. The predicted octanol–water partition coefficient (Wildman–Crippen LogP) is 3.15. The summed E-state index contributed by atoms with van der Waals surface area (Å²) in [6.45, 7) is 7.83. The first-order valence-corrected chi connectivity index (χ1v) is 9.57. The van der Waals surface area contributed by atoms with E-state index in [2.05, 4.69) is 4.98 Å². The van der Waals surface area contributed by atoms with Crippen LogP contribution >= 0.6 is 0 Å². The molecular formula is C21H28N2O6. The van der Waals surface area contributed by atoms with Crippen LogP contribution in [0.25, 0.3) is 0 Å². The van der Waals surface area contributed by atoms with Crippen molar-refractivity contribution in [1.82, 2.24) is 9.88 Å². The topological polar surface area (TPSA) is 102 Å². The molecule has 0 saturated heterocycles. The number of aromatic nitrogens is 1. The van der Waals surface area contributed by atoms with Gasteiger partial charge in [-0.3, -0.25) is 9.59 Å². The van der Waals surface area contributed by atoms with Crippen molar-refractivity contribution in [2.24, 2.45) is 0 Å². The summed E-state index contributed by atoms with van der Waals surface area (Å²) >= 11 is 0. The van der Waals surface area contributed by atoms with E-state index in [-0.39, 0.29) is 29.8 Å². The Hall–Kier alpha value is -2.87. The second kappa shape index (κ2) is 10.1. The number of carbonyl (C=O) groups excluding carboxylic acids is 3. The van der Waals surface area contributed by atoms with E-state index in [9.17, 15) is 14.4 Å². The molecule has 1 atom stereocenters. The van der Waals surface area contributed by atoms with Crippen molar-refractivity contribution in [3.8, 4) is 0 Å². The maximum absolute atomic E-state index is 13.3. The third-order valence-corrected chi connectivity index (χ3v) is 4.75. The maximum Gasteiger partial charge on any atom is 0.355 e. The summed E-state index contributed by atoms with van der Waals surface area (Å²) < 4.78 is 15.3. The lowest BCUT2D eigenvalue weighted by Crippen LogP contribution is -2.44. The molecular weight excluding hydrogens is 376 g/mol. The number of ketones is 1. The number of hydrogen-bond donors (Lipinski definition) is 1. The third-order valence-electron chi connectivity index (χ3n) is 4.75. The van der Waals surface area contributed by atoms with E-state index in [1.807, 2.05) is 0 Å². The Balaban J connectivity index is 2.33. The fourth-order valence-electron chi connectivity index (χ4n) is 3.27. The smallest absolute Gasteiger partial charge is 0.355 e. The summed E-state index contributed by atoms with van der Waals surface area (Å²) in [5, 5.41) is 0. The molecule has 0 bridgehead atoms. The molecule has 0 aliphatic heterocycles. The molecule has 0 spiro atoms. The van der Waals surface area contributed by atoms with Crippen LogP contribution in [0.4, 0.5) is 0 Å². The molecule has 158 valence electrons. The molecule has 2 aromatic heterocycles. The molecule has 2 aromatic rings. The van der Waals surface area contributed by atoms with Crippen molar-refractivity contribution in [3.63, 3.8) is 0 Å². The van der Waals surface area contributed by atoms with Gasteiger partial charge in [0.25, 0.3) is 5.91 Å². The number of amides is 1. The maximum atomic E-state index is 13.3. The Bertz CT molecular complexity index is 853. The van der Waals surface area contributed by atoms with Crippen LogP contribution in [0.15, 0.2) is 22.8 Å². The predicted molar refractivity (Wildman–Crippen MR) is 106 cm³/mol. The fraction of sp³-hybridized carbons (Fsp3) is 0.476. The molecule has 0 saturated carbocycles. The van der Waals surface area contributed by atoms with Crippen molar-refractivity contribution in [2.75, 3.05) is 26.9 Å². The lowest BCUT2D eigenvalue weighted by molar-refractivity contribution is 0.0518. The van der Waals surface area contributed by atoms with Crippen LogP contribution in [0.2, 0.25) is 0 Å². The van der Waals surface area contributed by atoms with E-state index in [1.165, 1.54) is 11.2 Å². The van der Waals surface area contributed by atoms with Gasteiger partial charge in [0.1, 0.15) is 5.69 Å². The molecule has 0 radical (unpaired) electrons. The van der Waals surface area contributed by atoms with Gasteiger partial charge in [-0.05, 0) is 51.8 Å². The number of aryl methyl sites for hydroxylation is 1. The molecule has 8 heteroatoms. The second-order valence-corrected chi connectivity index (χ2v) is 6.71. The lowest BCUT2D eigenvalue weighted by atomic mass is 9.99. The van der Waals surface area contributed by atoms with Crippen LogP contribution in [0.5, 0.6) is 0 Å². The average molecular weight is 404 g/mol. The van der Waals surface area contributed by atoms with E-state index in [1.54, 1.807) is 46.9 Å². The number of H-pyrrole nitrogens is 1. The Labute approximate surface area is 170 Å². The van der Waals surface area contributed by atoms with E-state index >= 15 is 0 Å². The van der Waals surface area contributed by atoms with Crippen LogP contribution in [-0.4, -0.2) is 60.5 Å². The van der Waals surface area contributed by atoms with E-state index < -0.39 is 12.0 Å². The van der Waals surface area contributed by atoms with Gasteiger partial charge in [-0.1, -0.05) is 0 Å². The number of aromatic amines is 1. The normalized spacial score (nSPS) is 11.9. The van der Waals surface area contributed by atoms with Crippen LogP contribution < -0.4 is 0 Å². The first-order chi connectivity index (χ1) is 13.8. The highest BCUT2D eigenvalue weighted by molar-refractivity contribution is 6.07. The Morgan fingerprint density at radius 2 is 2.00 bits per heavy atom. The van der Waals surface area contributed by atoms with Gasteiger partial charge in [-0.2, -0.15) is 0 Å². The van der Waals surface area contributed by atoms with Gasteiger partial charge in [0.2, 0.25) is 0 Å². The number of methoxy groups -OCH3 is 1. The molecule has 0 aromatic carbocycles. The second-order valence-electron chi connectivity index (χ2n) is 6.71. The van der Waals surface area contributed by atoms with Gasteiger partial charge < -0.3 is 23.8 Å². The average Bonchev–Trinajstić information content (AvgIpc) is 3.32. The zero-order valence-corrected chi connectivity index (χ0v) is 17.5. The van der Waals surface area contributed by atoms with Crippen LogP contribution in [-0.2, 0) is 9.47 Å². The minimum absolute atomic E-state index is 0.164. The van der Waals surface area contributed by atoms with Crippen molar-refractivity contribution in [2.45, 2.75) is 40.2 Å². The number of rotatable bonds is 10. The zero-order valence-electron chi connectivity index (χ0n) is 17.5. The molecule has 1 unspecified atom stereocenters. The van der Waals surface area contributed by atoms with Crippen molar-refractivity contribution in [1.29, 1.82) is 0 Å². The molecule has 2 heterocycles. The molecule has 1 N–H and O–H groups in total. The van der Waals surface area contributed by atoms with Crippen LogP contribution in [0.3, 0.4) is 0 Å². The van der Waals surface area contributed by atoms with Crippen molar-refractivity contribution >= 4 is 17.7 Å². The molecule has 8 nitrogen and oxygen atoms in total. The number of ether oxygens (including phenoxy) is 2. The summed E-state index contributed by atoms with van der Waals surface area (Å²) in [6.07, 6.45) is 1.98. The monoisotopic (exact) mass is 404 g/mol. The molecule has 0 aliphatic carbocycles. The molecule has 0 aliphatic rings. The van der Waals surface area contributed by atoms with Gasteiger partial charge in [-0.15, -0.1) is 0 Å². The van der Waals surface area contributed by atoms with E-state index in [0.29, 0.717) is 36.4 Å². The highest BCUT2D eigenvalue weighted by atomic mass is 16.5. The van der Waals surface area contributed by atoms with Gasteiger partial charge in [0.15, 0.2) is 11.5 Å². The first kappa shape index (κ1) is 22.4. The molecule has 1 amide bonds. The summed E-state index contributed by atoms with van der Waals surface area (Å²) in [6, 6.07) is 2.43. The van der Waals surface area contributed by atoms with Crippen molar-refractivity contribution < 1.29 is 28.3 Å². The number of esters is 1. The summed E-state index contributed by atoms with van der Waals surface area (Å²) in [5.41, 5.74) is 1.72. The molecule has 2 rings (SSSR count). The van der Waals surface area contributed by atoms with Crippen molar-refractivity contribution in [3.05, 3.63) is 46.7 Å². The number of hydrogen-bond acceptors (Lipinski definition) is 6. The number of Topliss-reactive ketones (excluding diaryl/α,β-unsaturated/α-hetero) is 1. The quantitative estimate of drug-likeness (QED) is 0.371. The molecule has 0 fully saturated rings. The zero-order chi connectivity index (χ0) is 21.6. The number of nitrogens with zero attached hydrogens (tertiary/aromatic N) is 1. The van der Waals surface area contributed by atoms with Crippen LogP contribution in [0.1, 0.15) is 62.9 Å². The molecule has 29 heavy (non-hydrogen) atoms. The summed E-state index contributed by atoms with van der Waals surface area (Å²) in [5.74, 6) is -0.979. The highest BCUT2D eigenvalue weighted by Gasteiger charge is 2.32. The highest BCUT2D eigenvalue weighted by Crippen LogP contribution is 2.23. The fourth-order valence-corrected chi connectivity index (χ4v) is 3.27. The van der Waals surface area contributed by atoms with Gasteiger partial charge >= 0.3 is 5.97 Å². The third kappa shape index (κ3) is 4.95. The lowest BCUT2D eigenvalue weighted by Gasteiger charge is -2.28. The summed E-state index contributed by atoms with van der Waals surface area (Å²) in [7, 11) is 1.58. The minimum atomic E-state index is -0.757. The van der Waals surface area contributed by atoms with Crippen LogP contribution in [0, 0.1) is 13.8 Å². The van der Waals surface area contributed by atoms with Gasteiger partial charge in [0.05, 0.1) is 18.9 Å². The SMILES string of the molecule is CCOC(=O)c1[nH]c(C)c(C(=O)C(C)N(CCCOC)C(=O)c2ccco2)c1C. The van der Waals surface area contributed by atoms with E-state index in [4.69, 9.17) is 13.9 Å². The Morgan fingerprint density at radius 1 is 1.28 bits per heavy atom. The summed E-state index contributed by atoms with van der Waals surface area (Å²) in [4.78, 5) is 42.8. The number of nitrogens with one attached hydrogen (secondary N) is 1. The van der Waals surface area contributed by atoms with Gasteiger partial charge in [0, 0.05) is 31.5 Å². The largest absolute Gasteiger partial charge is 0.461 e. The number of carbonyl (C=O) groups is 3.